The molecule has 0 unspecified atom stereocenters. The van der Waals surface area contributed by atoms with Gasteiger partial charge in [0, 0.05) is 25.0 Å². The smallest absolute Gasteiger partial charge is 0.297 e. The molecular formula is C12H17N3OS. The summed E-state index contributed by atoms with van der Waals surface area (Å²) < 4.78 is 5.43. The Bertz CT molecular complexity index is 438. The fourth-order valence-electron chi connectivity index (χ4n) is 1.56. The van der Waals surface area contributed by atoms with E-state index in [9.17, 15) is 0 Å². The zero-order valence-electron chi connectivity index (χ0n) is 10.1. The number of aromatic nitrogens is 1. The third-order valence-electron chi connectivity index (χ3n) is 2.50. The van der Waals surface area contributed by atoms with Gasteiger partial charge in [-0.05, 0) is 24.9 Å². The zero-order valence-corrected chi connectivity index (χ0v) is 11.0. The molecule has 0 aliphatic heterocycles. The van der Waals surface area contributed by atoms with Gasteiger partial charge in [0.15, 0.2) is 0 Å². The molecule has 2 heterocycles. The second-order valence-electron chi connectivity index (χ2n) is 3.90. The quantitative estimate of drug-likeness (QED) is 0.854. The van der Waals surface area contributed by atoms with E-state index in [0.29, 0.717) is 6.01 Å². The van der Waals surface area contributed by atoms with Gasteiger partial charge in [0.05, 0.1) is 5.69 Å². The second-order valence-corrected chi connectivity index (χ2v) is 4.93. The monoisotopic (exact) mass is 251 g/mol. The highest BCUT2D eigenvalue weighted by atomic mass is 32.1. The fourth-order valence-corrected chi connectivity index (χ4v) is 2.26. The van der Waals surface area contributed by atoms with Crippen LogP contribution in [0.15, 0.2) is 28.2 Å². The van der Waals surface area contributed by atoms with E-state index < -0.39 is 0 Å². The summed E-state index contributed by atoms with van der Waals surface area (Å²) in [5.41, 5.74) is 0.936. The summed E-state index contributed by atoms with van der Waals surface area (Å²) in [5, 5.41) is 5.15. The van der Waals surface area contributed by atoms with Crippen LogP contribution in [0.3, 0.4) is 0 Å². The first-order valence-corrected chi connectivity index (χ1v) is 6.50. The molecule has 2 rings (SSSR count). The molecule has 0 bridgehead atoms. The van der Waals surface area contributed by atoms with Gasteiger partial charge < -0.3 is 14.6 Å². The first kappa shape index (κ1) is 12.1. The van der Waals surface area contributed by atoms with Gasteiger partial charge in [0.25, 0.3) is 6.01 Å². The molecule has 5 heteroatoms. The van der Waals surface area contributed by atoms with Crippen molar-refractivity contribution >= 4 is 17.4 Å². The van der Waals surface area contributed by atoms with Gasteiger partial charge in [-0.1, -0.05) is 6.07 Å². The van der Waals surface area contributed by atoms with Crippen molar-refractivity contribution in [1.29, 1.82) is 0 Å². The molecule has 1 N–H and O–H groups in total. The van der Waals surface area contributed by atoms with Crippen LogP contribution in [0, 0.1) is 0 Å². The molecule has 92 valence electrons. The minimum absolute atomic E-state index is 0.687. The number of anilines is 1. The van der Waals surface area contributed by atoms with Crippen molar-refractivity contribution in [2.75, 3.05) is 25.5 Å². The van der Waals surface area contributed by atoms with Crippen molar-refractivity contribution < 1.29 is 4.42 Å². The van der Waals surface area contributed by atoms with Crippen LogP contribution >= 0.6 is 11.3 Å². The van der Waals surface area contributed by atoms with Crippen LogP contribution in [0.4, 0.5) is 6.01 Å². The Morgan fingerprint density at radius 2 is 2.41 bits per heavy atom. The largest absolute Gasteiger partial charge is 0.432 e. The van der Waals surface area contributed by atoms with Gasteiger partial charge in [-0.25, -0.2) is 0 Å². The van der Waals surface area contributed by atoms with Gasteiger partial charge >= 0.3 is 0 Å². The number of thiophene rings is 1. The Morgan fingerprint density at radius 1 is 1.53 bits per heavy atom. The van der Waals surface area contributed by atoms with E-state index in [2.05, 4.69) is 27.8 Å². The Hall–Kier alpha value is -1.33. The van der Waals surface area contributed by atoms with Gasteiger partial charge in [-0.15, -0.1) is 11.3 Å². The van der Waals surface area contributed by atoms with Crippen LogP contribution in [0.2, 0.25) is 0 Å². The molecule has 0 atom stereocenters. The van der Waals surface area contributed by atoms with E-state index in [4.69, 9.17) is 4.42 Å². The molecule has 0 fully saturated rings. The number of likely N-dealkylation sites (N-methyl/N-ethyl adjacent to an activating group) is 1. The van der Waals surface area contributed by atoms with Gasteiger partial charge in [-0.2, -0.15) is 4.98 Å². The number of nitrogens with zero attached hydrogens (tertiary/aromatic N) is 2. The lowest BCUT2D eigenvalue weighted by molar-refractivity contribution is 0.544. The third-order valence-corrected chi connectivity index (χ3v) is 3.43. The van der Waals surface area contributed by atoms with Crippen molar-refractivity contribution in [3.8, 4) is 0 Å². The predicted octanol–water partition coefficient (Wildman–Crippen LogP) is 2.13. The maximum absolute atomic E-state index is 5.43. The Balaban J connectivity index is 1.88. The van der Waals surface area contributed by atoms with Crippen LogP contribution in [-0.2, 0) is 13.0 Å². The van der Waals surface area contributed by atoms with E-state index in [-0.39, 0.29) is 0 Å². The summed E-state index contributed by atoms with van der Waals surface area (Å²) in [7, 11) is 3.90. The summed E-state index contributed by atoms with van der Waals surface area (Å²) in [6.45, 7) is 1.66. The van der Waals surface area contributed by atoms with Gasteiger partial charge in [0.1, 0.15) is 6.26 Å². The Kier molecular flexibility index (Phi) is 4.17. The summed E-state index contributed by atoms with van der Waals surface area (Å²) in [6, 6.07) is 4.92. The van der Waals surface area contributed by atoms with Crippen LogP contribution < -0.4 is 10.2 Å². The zero-order chi connectivity index (χ0) is 12.1. The summed E-state index contributed by atoms with van der Waals surface area (Å²) in [4.78, 5) is 7.83. The SMILES string of the molecule is CNCc1coc(N(C)CCc2cccs2)n1. The van der Waals surface area contributed by atoms with Crippen LogP contribution in [-0.4, -0.2) is 25.6 Å². The van der Waals surface area contributed by atoms with Gasteiger partial charge in [-0.3, -0.25) is 0 Å². The minimum atomic E-state index is 0.687. The third kappa shape index (κ3) is 3.31. The molecule has 0 radical (unpaired) electrons. The fraction of sp³-hybridized carbons (Fsp3) is 0.417. The molecule has 0 spiro atoms. The Morgan fingerprint density at radius 3 is 3.12 bits per heavy atom. The highest BCUT2D eigenvalue weighted by Gasteiger charge is 2.08. The molecule has 0 aromatic carbocycles. The lowest BCUT2D eigenvalue weighted by Crippen LogP contribution is -2.20. The van der Waals surface area contributed by atoms with Crippen molar-refractivity contribution in [2.24, 2.45) is 0 Å². The number of oxazole rings is 1. The van der Waals surface area contributed by atoms with E-state index in [0.717, 1.165) is 25.2 Å². The van der Waals surface area contributed by atoms with Crippen LogP contribution in [0.1, 0.15) is 10.6 Å². The first-order valence-electron chi connectivity index (χ1n) is 5.62. The second kappa shape index (κ2) is 5.84. The molecule has 17 heavy (non-hydrogen) atoms. The van der Waals surface area contributed by atoms with Crippen molar-refractivity contribution in [1.82, 2.24) is 10.3 Å². The predicted molar refractivity (Wildman–Crippen MR) is 70.6 cm³/mol. The molecule has 0 aliphatic carbocycles. The molecule has 0 saturated carbocycles. The topological polar surface area (TPSA) is 41.3 Å². The molecule has 2 aromatic rings. The maximum atomic E-state index is 5.43. The van der Waals surface area contributed by atoms with E-state index >= 15 is 0 Å². The number of hydrogen-bond acceptors (Lipinski definition) is 5. The van der Waals surface area contributed by atoms with E-state index in [1.807, 2.05) is 19.0 Å². The number of nitrogens with one attached hydrogen (secondary N) is 1. The summed E-state index contributed by atoms with van der Waals surface area (Å²) in [5.74, 6) is 0. The van der Waals surface area contributed by atoms with Crippen molar-refractivity contribution in [2.45, 2.75) is 13.0 Å². The molecule has 0 amide bonds. The molecule has 2 aromatic heterocycles. The molecule has 0 aliphatic rings. The van der Waals surface area contributed by atoms with Gasteiger partial charge in [0.2, 0.25) is 0 Å². The Labute approximate surface area is 105 Å². The normalized spacial score (nSPS) is 10.7. The molecule has 0 saturated heterocycles. The minimum Gasteiger partial charge on any atom is -0.432 e. The van der Waals surface area contributed by atoms with E-state index in [1.54, 1.807) is 17.6 Å². The molecular weight excluding hydrogens is 234 g/mol. The number of hydrogen-bond donors (Lipinski definition) is 1. The average molecular weight is 251 g/mol. The van der Waals surface area contributed by atoms with Crippen molar-refractivity contribution in [3.05, 3.63) is 34.3 Å². The highest BCUT2D eigenvalue weighted by Crippen LogP contribution is 2.14. The number of rotatable bonds is 6. The maximum Gasteiger partial charge on any atom is 0.297 e. The van der Waals surface area contributed by atoms with E-state index in [1.165, 1.54) is 4.88 Å². The lowest BCUT2D eigenvalue weighted by Gasteiger charge is -2.13. The summed E-state index contributed by atoms with van der Waals surface area (Å²) in [6.07, 6.45) is 2.73. The first-order chi connectivity index (χ1) is 8.29. The highest BCUT2D eigenvalue weighted by molar-refractivity contribution is 7.09. The molecule has 4 nitrogen and oxygen atoms in total. The summed E-state index contributed by atoms with van der Waals surface area (Å²) >= 11 is 1.79. The van der Waals surface area contributed by atoms with Crippen LogP contribution in [0.5, 0.6) is 0 Å². The average Bonchev–Trinajstić information content (AvgIpc) is 2.97. The lowest BCUT2D eigenvalue weighted by atomic mass is 10.3. The standard InChI is InChI=1S/C12H17N3OS/c1-13-8-10-9-16-12(14-10)15(2)6-5-11-4-3-7-17-11/h3-4,7,9,13H,5-6,8H2,1-2H3. The van der Waals surface area contributed by atoms with Crippen LogP contribution in [0.25, 0.3) is 0 Å². The van der Waals surface area contributed by atoms with Crippen molar-refractivity contribution in [3.63, 3.8) is 0 Å².